The number of carbonyl (C=O) groups excluding carboxylic acids is 1. The Labute approximate surface area is 79.8 Å². The summed E-state index contributed by atoms with van der Waals surface area (Å²) in [6.45, 7) is 1.23. The molecule has 44 valence electrons. The average molecular weight is 167 g/mol. The summed E-state index contributed by atoms with van der Waals surface area (Å²) in [5.41, 5.74) is 0. The van der Waals surface area contributed by atoms with Crippen molar-refractivity contribution >= 4 is 58.7 Å². The molecule has 0 aliphatic heterocycles. The van der Waals surface area contributed by atoms with Gasteiger partial charge in [0.1, 0.15) is 0 Å². The molecule has 2 nitrogen and oxygen atoms in total. The van der Waals surface area contributed by atoms with Crippen molar-refractivity contribution in [3.05, 3.63) is 0 Å². The molecule has 8 heavy (non-hydrogen) atoms. The summed E-state index contributed by atoms with van der Waals surface area (Å²) in [6.07, 6.45) is 0. The van der Waals surface area contributed by atoms with E-state index < -0.39 is 11.0 Å². The van der Waals surface area contributed by atoms with Crippen LogP contribution in [0.5, 0.6) is 0 Å². The number of hydrogen-bond acceptors (Lipinski definition) is 2. The number of halogens is 2. The number of rotatable bonds is 1. The third kappa shape index (κ3) is 10.1. The van der Waals surface area contributed by atoms with Crippen molar-refractivity contribution in [1.29, 1.82) is 0 Å². The summed E-state index contributed by atoms with van der Waals surface area (Å²) >= 11 is 9.99. The normalized spacial score (nSPS) is 8.00. The van der Waals surface area contributed by atoms with E-state index in [1.54, 1.807) is 0 Å². The van der Waals surface area contributed by atoms with Crippen molar-refractivity contribution in [2.45, 2.75) is 11.9 Å². The van der Waals surface area contributed by atoms with E-state index in [0.717, 1.165) is 0 Å². The van der Waals surface area contributed by atoms with Crippen molar-refractivity contribution in [2.24, 2.45) is 0 Å². The van der Waals surface area contributed by atoms with Gasteiger partial charge in [-0.15, -0.1) is 0 Å². The first kappa shape index (κ1) is 11.8. The quantitative estimate of drug-likeness (QED) is 0.325. The summed E-state index contributed by atoms with van der Waals surface area (Å²) < 4.78 is 4.14. The second-order valence-corrected chi connectivity index (χ2v) is 1.89. The van der Waals surface area contributed by atoms with Gasteiger partial charge in [-0.05, 0) is 0 Å². The number of carbonyl (C=O) groups is 1. The van der Waals surface area contributed by atoms with Crippen LogP contribution in [-0.2, 0) is 9.53 Å². The summed E-state index contributed by atoms with van der Waals surface area (Å²) in [4.78, 5) is 9.86. The minimum absolute atomic E-state index is 0. The molecule has 0 aromatic rings. The third-order valence-electron chi connectivity index (χ3n) is 0.255. The molecule has 0 aromatic heterocycles. The van der Waals surface area contributed by atoms with E-state index in [1.165, 1.54) is 6.92 Å². The van der Waals surface area contributed by atoms with Crippen LogP contribution in [0.25, 0.3) is 0 Å². The molecule has 0 aliphatic carbocycles. The molecule has 0 saturated heterocycles. The zero-order valence-corrected chi connectivity index (χ0v) is 5.16. The molecule has 0 atom stereocenters. The fraction of sp³-hybridized carbons (Fsp3) is 0.667. The Balaban J connectivity index is 0. The fourth-order valence-electron chi connectivity index (χ4n) is 0.125. The fourth-order valence-corrected chi connectivity index (χ4v) is 0.376. The molecule has 0 aliphatic rings. The first-order valence-electron chi connectivity index (χ1n) is 1.58. The molecular weight excluding hydrogens is 162 g/mol. The van der Waals surface area contributed by atoms with Gasteiger partial charge in [0.05, 0.1) is 0 Å². The van der Waals surface area contributed by atoms with E-state index in [1.807, 2.05) is 0 Å². The number of esters is 1. The van der Waals surface area contributed by atoms with Gasteiger partial charge < -0.3 is 4.74 Å². The molecule has 0 fully saturated rings. The predicted molar refractivity (Wildman–Crippen MR) is 34.4 cm³/mol. The number of hydrogen-bond donors (Lipinski definition) is 0. The van der Waals surface area contributed by atoms with Gasteiger partial charge in [0, 0.05) is 6.92 Å². The average Bonchev–Trinajstić information content (AvgIpc) is 1.27. The maximum atomic E-state index is 9.86. The van der Waals surface area contributed by atoms with E-state index in [-0.39, 0.29) is 29.6 Å². The van der Waals surface area contributed by atoms with Crippen LogP contribution in [0.3, 0.4) is 0 Å². The molecular formula is C3H5Cl2NaO2. The van der Waals surface area contributed by atoms with Gasteiger partial charge in [0.15, 0.2) is 0 Å². The molecule has 0 unspecified atom stereocenters. The van der Waals surface area contributed by atoms with Gasteiger partial charge in [0.2, 0.25) is 0 Å². The zero-order chi connectivity index (χ0) is 5.86. The zero-order valence-electron chi connectivity index (χ0n) is 3.65. The first-order chi connectivity index (χ1) is 3.13. The van der Waals surface area contributed by atoms with Gasteiger partial charge >= 0.3 is 35.5 Å². The van der Waals surface area contributed by atoms with Gasteiger partial charge in [-0.2, -0.15) is 0 Å². The molecule has 0 aromatic carbocycles. The molecule has 0 saturated carbocycles. The van der Waals surface area contributed by atoms with Crippen LogP contribution in [0.15, 0.2) is 0 Å². The number of alkyl halides is 2. The Morgan fingerprint density at radius 2 is 2.00 bits per heavy atom. The molecule has 0 spiro atoms. The van der Waals surface area contributed by atoms with Gasteiger partial charge in [-0.25, -0.2) is 0 Å². The SMILES string of the molecule is CC(=O)OC(Cl)Cl.[NaH]. The first-order valence-corrected chi connectivity index (χ1v) is 2.45. The van der Waals surface area contributed by atoms with E-state index >= 15 is 0 Å². The summed E-state index contributed by atoms with van der Waals surface area (Å²) in [5, 5.41) is -1.03. The van der Waals surface area contributed by atoms with Crippen molar-refractivity contribution < 1.29 is 9.53 Å². The van der Waals surface area contributed by atoms with Crippen molar-refractivity contribution in [3.63, 3.8) is 0 Å². The van der Waals surface area contributed by atoms with E-state index in [9.17, 15) is 4.79 Å². The standard InChI is InChI=1S/C3H4Cl2O2.Na.H/c1-2(6)7-3(4)5;;/h3H,1H3;;. The van der Waals surface area contributed by atoms with Crippen molar-refractivity contribution in [2.75, 3.05) is 0 Å². The van der Waals surface area contributed by atoms with Crippen LogP contribution in [0, 0.1) is 0 Å². The molecule has 0 amide bonds. The molecule has 0 heterocycles. The van der Waals surface area contributed by atoms with Crippen molar-refractivity contribution in [1.82, 2.24) is 0 Å². The Morgan fingerprint density at radius 1 is 1.62 bits per heavy atom. The summed E-state index contributed by atoms with van der Waals surface area (Å²) in [6, 6.07) is 0. The van der Waals surface area contributed by atoms with Gasteiger partial charge in [-0.1, -0.05) is 23.2 Å². The monoisotopic (exact) mass is 166 g/mol. The van der Waals surface area contributed by atoms with Crippen LogP contribution >= 0.6 is 23.2 Å². The second kappa shape index (κ2) is 6.17. The van der Waals surface area contributed by atoms with Gasteiger partial charge in [0.25, 0.3) is 5.02 Å². The van der Waals surface area contributed by atoms with Crippen LogP contribution in [0.1, 0.15) is 6.92 Å². The Kier molecular flexibility index (Phi) is 9.11. The molecule has 0 N–H and O–H groups in total. The maximum absolute atomic E-state index is 9.86. The molecule has 0 bridgehead atoms. The topological polar surface area (TPSA) is 26.3 Å². The van der Waals surface area contributed by atoms with Crippen LogP contribution in [0.2, 0.25) is 0 Å². The van der Waals surface area contributed by atoms with E-state index in [2.05, 4.69) is 4.74 Å². The van der Waals surface area contributed by atoms with Gasteiger partial charge in [-0.3, -0.25) is 4.79 Å². The molecule has 0 rings (SSSR count). The van der Waals surface area contributed by atoms with Crippen LogP contribution in [-0.4, -0.2) is 40.5 Å². The Morgan fingerprint density at radius 3 is 2.00 bits per heavy atom. The summed E-state index contributed by atoms with van der Waals surface area (Å²) in [7, 11) is 0. The van der Waals surface area contributed by atoms with Crippen molar-refractivity contribution in [3.8, 4) is 0 Å². The minimum atomic E-state index is -1.03. The third-order valence-corrected chi connectivity index (χ3v) is 0.433. The van der Waals surface area contributed by atoms with Crippen LogP contribution in [0.4, 0.5) is 0 Å². The Hall–Kier alpha value is 1.05. The summed E-state index contributed by atoms with van der Waals surface area (Å²) in [5.74, 6) is -0.477. The predicted octanol–water partition coefficient (Wildman–Crippen LogP) is 0.662. The Bertz CT molecular complexity index is 75.7. The molecule has 5 heteroatoms. The number of ether oxygens (including phenoxy) is 1. The van der Waals surface area contributed by atoms with E-state index in [4.69, 9.17) is 23.2 Å². The van der Waals surface area contributed by atoms with Crippen LogP contribution < -0.4 is 0 Å². The van der Waals surface area contributed by atoms with E-state index in [0.29, 0.717) is 0 Å². The second-order valence-electron chi connectivity index (χ2n) is 0.870. The molecule has 0 radical (unpaired) electrons.